The summed E-state index contributed by atoms with van der Waals surface area (Å²) in [6, 6.07) is 4.46. The summed E-state index contributed by atoms with van der Waals surface area (Å²) >= 11 is 0. The van der Waals surface area contributed by atoms with Gasteiger partial charge in [0.05, 0.1) is 16.5 Å². The number of sulfonamides is 1. The number of sulfone groups is 1. The van der Waals surface area contributed by atoms with Crippen LogP contribution < -0.4 is 10.5 Å². The van der Waals surface area contributed by atoms with Gasteiger partial charge in [-0.3, -0.25) is 0 Å². The lowest BCUT2D eigenvalue weighted by atomic mass is 10.0. The molecule has 15 heteroatoms. The molecule has 0 aliphatic carbocycles. The SMILES string of the molecule is Cn1cnc2cc(-c3ccc(S(=O)(=O)C4CNC4)c(S(N)(=O)=O)c3-c3nnn[nH]3)cnc21. The lowest BCUT2D eigenvalue weighted by Crippen LogP contribution is -2.51. The number of aromatic nitrogens is 7. The van der Waals surface area contributed by atoms with Crippen molar-refractivity contribution in [3.8, 4) is 22.5 Å². The molecule has 4 heterocycles. The highest BCUT2D eigenvalue weighted by atomic mass is 32.2. The van der Waals surface area contributed by atoms with E-state index in [4.69, 9.17) is 5.14 Å². The van der Waals surface area contributed by atoms with Crippen LogP contribution in [0, 0.1) is 0 Å². The van der Waals surface area contributed by atoms with Crippen molar-refractivity contribution in [3.63, 3.8) is 0 Å². The Bertz CT molecular complexity index is 1560. The molecule has 0 radical (unpaired) electrons. The van der Waals surface area contributed by atoms with Crippen LogP contribution in [0.2, 0.25) is 0 Å². The molecule has 5 rings (SSSR count). The number of nitrogens with zero attached hydrogens (tertiary/aromatic N) is 6. The van der Waals surface area contributed by atoms with Gasteiger partial charge in [-0.2, -0.15) is 0 Å². The van der Waals surface area contributed by atoms with Gasteiger partial charge in [-0.05, 0) is 28.1 Å². The molecule has 4 aromatic rings. The van der Waals surface area contributed by atoms with Gasteiger partial charge in [0, 0.05) is 37.5 Å². The van der Waals surface area contributed by atoms with Gasteiger partial charge in [-0.25, -0.2) is 37.0 Å². The molecule has 1 fully saturated rings. The van der Waals surface area contributed by atoms with Crippen LogP contribution in [-0.2, 0) is 26.9 Å². The zero-order chi connectivity index (χ0) is 22.7. The number of hydrogen-bond donors (Lipinski definition) is 3. The molecule has 0 atom stereocenters. The van der Waals surface area contributed by atoms with Gasteiger partial charge in [0.2, 0.25) is 10.0 Å². The van der Waals surface area contributed by atoms with Gasteiger partial charge in [0.15, 0.2) is 21.3 Å². The number of primary sulfonamides is 1. The van der Waals surface area contributed by atoms with E-state index in [0.717, 1.165) is 0 Å². The van der Waals surface area contributed by atoms with E-state index in [-0.39, 0.29) is 24.5 Å². The van der Waals surface area contributed by atoms with Crippen LogP contribution in [0.1, 0.15) is 0 Å². The topological polar surface area (TPSA) is 192 Å². The van der Waals surface area contributed by atoms with E-state index >= 15 is 0 Å². The molecule has 3 aromatic heterocycles. The summed E-state index contributed by atoms with van der Waals surface area (Å²) < 4.78 is 53.6. The average molecular weight is 476 g/mol. The van der Waals surface area contributed by atoms with Crippen LogP contribution in [0.5, 0.6) is 0 Å². The van der Waals surface area contributed by atoms with Crippen molar-refractivity contribution < 1.29 is 16.8 Å². The van der Waals surface area contributed by atoms with E-state index in [9.17, 15) is 16.8 Å². The number of rotatable bonds is 5. The predicted octanol–water partition coefficient (Wildman–Crippen LogP) is -0.792. The van der Waals surface area contributed by atoms with E-state index in [1.54, 1.807) is 24.0 Å². The average Bonchev–Trinajstić information content (AvgIpc) is 3.34. The molecule has 1 aromatic carbocycles. The number of nitrogens with one attached hydrogen (secondary N) is 2. The third-order valence-electron chi connectivity index (χ3n) is 5.34. The van der Waals surface area contributed by atoms with Crippen LogP contribution >= 0.6 is 0 Å². The summed E-state index contributed by atoms with van der Waals surface area (Å²) in [5.74, 6) is -0.0473. The van der Waals surface area contributed by atoms with Gasteiger partial charge in [0.1, 0.15) is 10.4 Å². The molecule has 1 saturated heterocycles. The minimum absolute atomic E-state index is 0.0473. The molecule has 4 N–H and O–H groups in total. The van der Waals surface area contributed by atoms with Gasteiger partial charge < -0.3 is 9.88 Å². The van der Waals surface area contributed by atoms with Gasteiger partial charge in [-0.15, -0.1) is 5.10 Å². The number of aromatic amines is 1. The first-order valence-corrected chi connectivity index (χ1v) is 12.4. The van der Waals surface area contributed by atoms with E-state index in [0.29, 0.717) is 22.3 Å². The molecular formula is C17H17N9O4S2. The van der Waals surface area contributed by atoms with Crippen molar-refractivity contribution in [2.24, 2.45) is 12.2 Å². The highest BCUT2D eigenvalue weighted by molar-refractivity contribution is 7.94. The Morgan fingerprint density at radius 2 is 1.94 bits per heavy atom. The standard InChI is InChI=1S/C17H17N9O4S2/c1-26-8-21-12-4-9(5-20-17(12)26)11-2-3-13(31(27,28)10-6-19-7-10)15(32(18,29)30)14(11)16-22-24-25-23-16/h2-5,8,10,19H,6-7H2,1H3,(H2,18,29,30)(H,22,23,24,25). The summed E-state index contributed by atoms with van der Waals surface area (Å²) in [7, 11) is -6.72. The lowest BCUT2D eigenvalue weighted by Gasteiger charge is -2.28. The number of aryl methyl sites for hydroxylation is 1. The molecule has 0 bridgehead atoms. The normalized spacial score (nSPS) is 15.2. The van der Waals surface area contributed by atoms with Crippen LogP contribution in [-0.4, -0.2) is 70.3 Å². The summed E-state index contributed by atoms with van der Waals surface area (Å²) in [6.07, 6.45) is 3.13. The Morgan fingerprint density at radius 3 is 2.56 bits per heavy atom. The molecule has 0 spiro atoms. The number of fused-ring (bicyclic) bond motifs is 1. The van der Waals surface area contributed by atoms with Crippen LogP contribution in [0.25, 0.3) is 33.7 Å². The highest BCUT2D eigenvalue weighted by Crippen LogP contribution is 2.40. The third-order valence-corrected chi connectivity index (χ3v) is 8.63. The molecular weight excluding hydrogens is 458 g/mol. The Labute approximate surface area is 182 Å². The summed E-state index contributed by atoms with van der Waals surface area (Å²) in [5, 5.41) is 21.0. The summed E-state index contributed by atoms with van der Waals surface area (Å²) in [6.45, 7) is 0.432. The molecule has 0 unspecified atom stereocenters. The van der Waals surface area contributed by atoms with E-state index in [2.05, 4.69) is 35.9 Å². The monoisotopic (exact) mass is 475 g/mol. The third kappa shape index (κ3) is 3.17. The second-order valence-electron chi connectivity index (χ2n) is 7.36. The van der Waals surface area contributed by atoms with E-state index < -0.39 is 34.9 Å². The molecule has 1 aliphatic heterocycles. The molecule has 1 aliphatic rings. The number of nitrogens with two attached hydrogens (primary N) is 1. The Morgan fingerprint density at radius 1 is 1.16 bits per heavy atom. The van der Waals surface area contributed by atoms with E-state index in [1.165, 1.54) is 18.3 Å². The smallest absolute Gasteiger partial charge is 0.240 e. The van der Waals surface area contributed by atoms with Gasteiger partial charge in [0.25, 0.3) is 0 Å². The minimum Gasteiger partial charge on any atom is -0.318 e. The van der Waals surface area contributed by atoms with Crippen molar-refractivity contribution in [2.75, 3.05) is 13.1 Å². The Kier molecular flexibility index (Phi) is 4.59. The first kappa shape index (κ1) is 20.6. The Hall–Kier alpha value is -3.27. The number of hydrogen-bond acceptors (Lipinski definition) is 10. The fourth-order valence-corrected chi connectivity index (χ4v) is 6.82. The largest absolute Gasteiger partial charge is 0.318 e. The maximum Gasteiger partial charge on any atom is 0.240 e. The van der Waals surface area contributed by atoms with Crippen LogP contribution in [0.4, 0.5) is 0 Å². The number of benzene rings is 1. The van der Waals surface area contributed by atoms with Crippen LogP contribution in [0.3, 0.4) is 0 Å². The highest BCUT2D eigenvalue weighted by Gasteiger charge is 2.38. The summed E-state index contributed by atoms with van der Waals surface area (Å²) in [5.41, 5.74) is 1.96. The van der Waals surface area contributed by atoms with Gasteiger partial charge >= 0.3 is 0 Å². The second-order valence-corrected chi connectivity index (χ2v) is 11.1. The number of pyridine rings is 1. The zero-order valence-electron chi connectivity index (χ0n) is 16.6. The Balaban J connectivity index is 1.85. The second kappa shape index (κ2) is 7.13. The fraction of sp³-hybridized carbons (Fsp3) is 0.235. The fourth-order valence-electron chi connectivity index (χ4n) is 3.64. The number of H-pyrrole nitrogens is 1. The number of tetrazole rings is 1. The molecule has 13 nitrogen and oxygen atoms in total. The maximum absolute atomic E-state index is 13.2. The molecule has 166 valence electrons. The summed E-state index contributed by atoms with van der Waals surface area (Å²) in [4.78, 5) is 7.69. The van der Waals surface area contributed by atoms with Crippen molar-refractivity contribution >= 4 is 31.0 Å². The van der Waals surface area contributed by atoms with Crippen molar-refractivity contribution in [1.29, 1.82) is 0 Å². The van der Waals surface area contributed by atoms with Gasteiger partial charge in [-0.1, -0.05) is 6.07 Å². The molecule has 0 amide bonds. The first-order valence-electron chi connectivity index (χ1n) is 9.34. The van der Waals surface area contributed by atoms with E-state index in [1.807, 2.05) is 0 Å². The van der Waals surface area contributed by atoms with Crippen LogP contribution in [0.15, 0.2) is 40.5 Å². The van der Waals surface area contributed by atoms with Crippen molar-refractivity contribution in [3.05, 3.63) is 30.7 Å². The molecule has 0 saturated carbocycles. The molecule has 32 heavy (non-hydrogen) atoms. The minimum atomic E-state index is -4.52. The van der Waals surface area contributed by atoms with Crippen molar-refractivity contribution in [2.45, 2.75) is 15.0 Å². The zero-order valence-corrected chi connectivity index (χ0v) is 18.2. The maximum atomic E-state index is 13.2. The quantitative estimate of drug-likeness (QED) is 0.329. The predicted molar refractivity (Wildman–Crippen MR) is 112 cm³/mol. The first-order chi connectivity index (χ1) is 15.2. The number of imidazole rings is 1. The lowest BCUT2D eigenvalue weighted by molar-refractivity contribution is 0.493. The van der Waals surface area contributed by atoms with Crippen molar-refractivity contribution in [1.82, 2.24) is 40.5 Å².